The van der Waals surface area contributed by atoms with Crippen LogP contribution in [0.5, 0.6) is 0 Å². The summed E-state index contributed by atoms with van der Waals surface area (Å²) in [6, 6.07) is 6.50. The second kappa shape index (κ2) is 7.44. The van der Waals surface area contributed by atoms with Crippen LogP contribution >= 0.6 is 22.6 Å². The average Bonchev–Trinajstić information content (AvgIpc) is 2.36. The monoisotopic (exact) mass is 376 g/mol. The molecule has 1 aromatic rings. The first-order chi connectivity index (χ1) is 8.95. The summed E-state index contributed by atoms with van der Waals surface area (Å²) < 4.78 is 1.05. The molecule has 2 amide bonds. The first-order valence-corrected chi connectivity index (χ1v) is 6.93. The second-order valence-electron chi connectivity index (χ2n) is 4.37. The van der Waals surface area contributed by atoms with E-state index in [0.717, 1.165) is 3.57 Å². The number of nitrogens with one attached hydrogen (secondary N) is 2. The molecule has 0 heterocycles. The van der Waals surface area contributed by atoms with Gasteiger partial charge in [-0.05, 0) is 52.8 Å². The Kier molecular flexibility index (Phi) is 6.23. The minimum Gasteiger partial charge on any atom is -0.340 e. The van der Waals surface area contributed by atoms with Crippen LogP contribution in [0.3, 0.4) is 0 Å². The molecule has 0 aliphatic heterocycles. The van der Waals surface area contributed by atoms with Crippen LogP contribution in [0.2, 0.25) is 0 Å². The quantitative estimate of drug-likeness (QED) is 0.608. The van der Waals surface area contributed by atoms with Crippen molar-refractivity contribution in [2.75, 3.05) is 7.11 Å². The molecule has 0 fully saturated rings. The molecule has 0 spiro atoms. The van der Waals surface area contributed by atoms with E-state index in [1.807, 2.05) is 26.0 Å². The van der Waals surface area contributed by atoms with E-state index in [1.165, 1.54) is 7.11 Å². The first kappa shape index (κ1) is 15.9. The van der Waals surface area contributed by atoms with E-state index in [1.54, 1.807) is 12.1 Å². The van der Waals surface area contributed by atoms with Crippen molar-refractivity contribution >= 4 is 34.4 Å². The Morgan fingerprint density at radius 2 is 1.79 bits per heavy atom. The lowest BCUT2D eigenvalue weighted by atomic mass is 10.0. The molecule has 0 aromatic heterocycles. The minimum absolute atomic E-state index is 0.0389. The fourth-order valence-corrected chi connectivity index (χ4v) is 1.88. The Morgan fingerprint density at radius 1 is 1.21 bits per heavy atom. The standard InChI is InChI=1S/C13H17IN2O3/c1-8(2)11(13(18)16-19-3)15-12(17)9-4-6-10(14)7-5-9/h4-8,11H,1-3H3,(H,15,17)(H,16,18)/t11-/m0/s1. The van der Waals surface area contributed by atoms with Crippen LogP contribution < -0.4 is 10.8 Å². The van der Waals surface area contributed by atoms with E-state index in [0.29, 0.717) is 5.56 Å². The fourth-order valence-electron chi connectivity index (χ4n) is 1.52. The van der Waals surface area contributed by atoms with E-state index in [4.69, 9.17) is 0 Å². The van der Waals surface area contributed by atoms with Gasteiger partial charge in [0.15, 0.2) is 0 Å². The smallest absolute Gasteiger partial charge is 0.266 e. The highest BCUT2D eigenvalue weighted by molar-refractivity contribution is 14.1. The van der Waals surface area contributed by atoms with E-state index < -0.39 is 6.04 Å². The zero-order chi connectivity index (χ0) is 14.4. The van der Waals surface area contributed by atoms with Gasteiger partial charge in [-0.2, -0.15) is 0 Å². The molecule has 0 unspecified atom stereocenters. The summed E-state index contributed by atoms with van der Waals surface area (Å²) in [7, 11) is 1.36. The average molecular weight is 376 g/mol. The maximum Gasteiger partial charge on any atom is 0.266 e. The van der Waals surface area contributed by atoms with Gasteiger partial charge in [0.05, 0.1) is 7.11 Å². The van der Waals surface area contributed by atoms with Crippen LogP contribution in [-0.4, -0.2) is 25.0 Å². The summed E-state index contributed by atoms with van der Waals surface area (Å²) in [5, 5.41) is 2.70. The number of hydrogen-bond acceptors (Lipinski definition) is 3. The summed E-state index contributed by atoms with van der Waals surface area (Å²) in [5.74, 6) is -0.680. The molecule has 0 saturated heterocycles. The van der Waals surface area contributed by atoms with Crippen molar-refractivity contribution in [2.24, 2.45) is 5.92 Å². The number of benzene rings is 1. The highest BCUT2D eigenvalue weighted by Crippen LogP contribution is 2.08. The minimum atomic E-state index is -0.633. The molecule has 0 bridgehead atoms. The van der Waals surface area contributed by atoms with Gasteiger partial charge in [-0.15, -0.1) is 0 Å². The van der Waals surface area contributed by atoms with Gasteiger partial charge in [-0.25, -0.2) is 5.48 Å². The van der Waals surface area contributed by atoms with Crippen LogP contribution in [0.25, 0.3) is 0 Å². The first-order valence-electron chi connectivity index (χ1n) is 5.85. The van der Waals surface area contributed by atoms with Crippen molar-refractivity contribution < 1.29 is 14.4 Å². The van der Waals surface area contributed by atoms with Gasteiger partial charge in [0.2, 0.25) is 0 Å². The number of carbonyl (C=O) groups excluding carboxylic acids is 2. The molecule has 104 valence electrons. The van der Waals surface area contributed by atoms with Crippen LogP contribution in [0.1, 0.15) is 24.2 Å². The lowest BCUT2D eigenvalue weighted by molar-refractivity contribution is -0.134. The Bertz CT molecular complexity index is 446. The van der Waals surface area contributed by atoms with Crippen molar-refractivity contribution in [1.82, 2.24) is 10.8 Å². The van der Waals surface area contributed by atoms with Crippen LogP contribution in [0.4, 0.5) is 0 Å². The lowest BCUT2D eigenvalue weighted by Gasteiger charge is -2.20. The van der Waals surface area contributed by atoms with Crippen LogP contribution in [0, 0.1) is 9.49 Å². The number of amides is 2. The molecule has 5 nitrogen and oxygen atoms in total. The highest BCUT2D eigenvalue weighted by atomic mass is 127. The topological polar surface area (TPSA) is 67.4 Å². The molecule has 0 saturated carbocycles. The van der Waals surface area contributed by atoms with Crippen molar-refractivity contribution in [1.29, 1.82) is 0 Å². The van der Waals surface area contributed by atoms with Gasteiger partial charge in [-0.3, -0.25) is 14.4 Å². The number of hydroxylamine groups is 1. The fraction of sp³-hybridized carbons (Fsp3) is 0.385. The molecule has 1 aromatic carbocycles. The Hall–Kier alpha value is -1.15. The summed E-state index contributed by atoms with van der Waals surface area (Å²) in [4.78, 5) is 28.4. The molecule has 1 rings (SSSR count). The number of rotatable bonds is 5. The number of carbonyl (C=O) groups is 2. The zero-order valence-electron chi connectivity index (χ0n) is 11.1. The van der Waals surface area contributed by atoms with Crippen molar-refractivity contribution in [2.45, 2.75) is 19.9 Å². The maximum atomic E-state index is 12.0. The zero-order valence-corrected chi connectivity index (χ0v) is 13.2. The molecule has 0 aliphatic rings. The molecule has 0 aliphatic carbocycles. The Morgan fingerprint density at radius 3 is 2.26 bits per heavy atom. The summed E-state index contributed by atoms with van der Waals surface area (Å²) in [6.45, 7) is 3.71. The predicted molar refractivity (Wildman–Crippen MR) is 80.4 cm³/mol. The molecular formula is C13H17IN2O3. The van der Waals surface area contributed by atoms with Crippen LogP contribution in [-0.2, 0) is 9.63 Å². The summed E-state index contributed by atoms with van der Waals surface area (Å²) in [5.41, 5.74) is 2.76. The van der Waals surface area contributed by atoms with Gasteiger partial charge in [0, 0.05) is 9.13 Å². The van der Waals surface area contributed by atoms with E-state index in [-0.39, 0.29) is 17.7 Å². The van der Waals surface area contributed by atoms with Gasteiger partial charge in [0.25, 0.3) is 11.8 Å². The summed E-state index contributed by atoms with van der Waals surface area (Å²) in [6.07, 6.45) is 0. The predicted octanol–water partition coefficient (Wildman–Crippen LogP) is 1.72. The van der Waals surface area contributed by atoms with Crippen molar-refractivity contribution in [3.05, 3.63) is 33.4 Å². The molecule has 2 N–H and O–H groups in total. The van der Waals surface area contributed by atoms with Gasteiger partial charge >= 0.3 is 0 Å². The lowest BCUT2D eigenvalue weighted by Crippen LogP contribution is -2.49. The number of hydrogen-bond donors (Lipinski definition) is 2. The maximum absolute atomic E-state index is 12.0. The third-order valence-electron chi connectivity index (χ3n) is 2.54. The largest absolute Gasteiger partial charge is 0.340 e. The molecule has 19 heavy (non-hydrogen) atoms. The molecular weight excluding hydrogens is 359 g/mol. The van der Waals surface area contributed by atoms with Crippen LogP contribution in [0.15, 0.2) is 24.3 Å². The van der Waals surface area contributed by atoms with Crippen molar-refractivity contribution in [3.8, 4) is 0 Å². The highest BCUT2D eigenvalue weighted by Gasteiger charge is 2.24. The third kappa shape index (κ3) is 4.79. The normalized spacial score (nSPS) is 12.1. The summed E-state index contributed by atoms with van der Waals surface area (Å²) >= 11 is 2.17. The van der Waals surface area contributed by atoms with E-state index in [2.05, 4.69) is 38.2 Å². The Balaban J connectivity index is 2.76. The third-order valence-corrected chi connectivity index (χ3v) is 3.26. The van der Waals surface area contributed by atoms with Gasteiger partial charge in [-0.1, -0.05) is 13.8 Å². The molecule has 6 heteroatoms. The Labute approximate surface area is 126 Å². The van der Waals surface area contributed by atoms with Gasteiger partial charge in [0.1, 0.15) is 6.04 Å². The molecule has 0 radical (unpaired) electrons. The second-order valence-corrected chi connectivity index (χ2v) is 5.62. The SMILES string of the molecule is CONC(=O)[C@@H](NC(=O)c1ccc(I)cc1)C(C)C. The van der Waals surface area contributed by atoms with E-state index >= 15 is 0 Å². The van der Waals surface area contributed by atoms with Crippen molar-refractivity contribution in [3.63, 3.8) is 0 Å². The number of halogens is 1. The van der Waals surface area contributed by atoms with Gasteiger partial charge < -0.3 is 5.32 Å². The van der Waals surface area contributed by atoms with E-state index in [9.17, 15) is 9.59 Å². The molecule has 1 atom stereocenters.